The molecule has 4 rings (SSSR count). The van der Waals surface area contributed by atoms with Crippen molar-refractivity contribution in [3.63, 3.8) is 0 Å². The van der Waals surface area contributed by atoms with Gasteiger partial charge in [0.25, 0.3) is 0 Å². The van der Waals surface area contributed by atoms with Crippen LogP contribution in [0.5, 0.6) is 28.7 Å². The SMILES string of the molecule is CC(C)N(C)CCOc1ccc(Oc2cc(O)cc3c2CC(c2ccc(O)cc2)CC3)cc1. The lowest BCUT2D eigenvalue weighted by Crippen LogP contribution is -2.30. The molecule has 33 heavy (non-hydrogen) atoms. The summed E-state index contributed by atoms with van der Waals surface area (Å²) >= 11 is 0. The van der Waals surface area contributed by atoms with E-state index in [0.29, 0.717) is 30.1 Å². The molecule has 0 bridgehead atoms. The minimum atomic E-state index is 0.223. The van der Waals surface area contributed by atoms with Crippen molar-refractivity contribution in [3.8, 4) is 28.7 Å². The molecule has 3 aromatic carbocycles. The molecule has 0 saturated carbocycles. The molecular formula is C28H33NO4. The van der Waals surface area contributed by atoms with Crippen molar-refractivity contribution >= 4 is 0 Å². The molecule has 0 radical (unpaired) electrons. The monoisotopic (exact) mass is 447 g/mol. The van der Waals surface area contributed by atoms with Gasteiger partial charge < -0.3 is 24.6 Å². The van der Waals surface area contributed by atoms with E-state index in [2.05, 4.69) is 25.8 Å². The Balaban J connectivity index is 1.45. The Morgan fingerprint density at radius 3 is 2.33 bits per heavy atom. The summed E-state index contributed by atoms with van der Waals surface area (Å²) in [5.41, 5.74) is 3.48. The van der Waals surface area contributed by atoms with Gasteiger partial charge in [-0.2, -0.15) is 0 Å². The third-order valence-electron chi connectivity index (χ3n) is 6.51. The number of ether oxygens (including phenoxy) is 2. The van der Waals surface area contributed by atoms with Gasteiger partial charge in [0, 0.05) is 18.7 Å². The molecule has 1 aliphatic rings. The molecule has 174 valence electrons. The summed E-state index contributed by atoms with van der Waals surface area (Å²) < 4.78 is 12.1. The molecular weight excluding hydrogens is 414 g/mol. The van der Waals surface area contributed by atoms with Gasteiger partial charge in [-0.3, -0.25) is 0 Å². The van der Waals surface area contributed by atoms with Crippen molar-refractivity contribution in [2.75, 3.05) is 20.2 Å². The molecule has 1 unspecified atom stereocenters. The first-order valence-corrected chi connectivity index (χ1v) is 11.6. The highest BCUT2D eigenvalue weighted by Gasteiger charge is 2.24. The number of hydrogen-bond acceptors (Lipinski definition) is 5. The maximum Gasteiger partial charge on any atom is 0.134 e. The molecule has 5 nitrogen and oxygen atoms in total. The van der Waals surface area contributed by atoms with Gasteiger partial charge in [-0.25, -0.2) is 0 Å². The zero-order valence-corrected chi connectivity index (χ0v) is 19.6. The van der Waals surface area contributed by atoms with E-state index >= 15 is 0 Å². The highest BCUT2D eigenvalue weighted by molar-refractivity contribution is 5.50. The van der Waals surface area contributed by atoms with E-state index < -0.39 is 0 Å². The van der Waals surface area contributed by atoms with E-state index in [4.69, 9.17) is 9.47 Å². The summed E-state index contributed by atoms with van der Waals surface area (Å²) in [4.78, 5) is 2.24. The van der Waals surface area contributed by atoms with Gasteiger partial charge in [-0.1, -0.05) is 12.1 Å². The Kier molecular flexibility index (Phi) is 7.09. The van der Waals surface area contributed by atoms with Gasteiger partial charge in [0.05, 0.1) is 0 Å². The average molecular weight is 448 g/mol. The van der Waals surface area contributed by atoms with Crippen LogP contribution in [0.25, 0.3) is 0 Å². The maximum absolute atomic E-state index is 10.3. The van der Waals surface area contributed by atoms with Crippen molar-refractivity contribution in [1.29, 1.82) is 0 Å². The molecule has 5 heteroatoms. The Morgan fingerprint density at radius 1 is 0.939 bits per heavy atom. The Bertz CT molecular complexity index is 1060. The van der Waals surface area contributed by atoms with Crippen LogP contribution in [0.3, 0.4) is 0 Å². The summed E-state index contributed by atoms with van der Waals surface area (Å²) in [6.07, 6.45) is 2.71. The van der Waals surface area contributed by atoms with Crippen LogP contribution in [0.4, 0.5) is 0 Å². The van der Waals surface area contributed by atoms with E-state index in [0.717, 1.165) is 42.7 Å². The highest BCUT2D eigenvalue weighted by atomic mass is 16.5. The predicted molar refractivity (Wildman–Crippen MR) is 131 cm³/mol. The first-order chi connectivity index (χ1) is 15.9. The summed E-state index contributed by atoms with van der Waals surface area (Å²) in [5.74, 6) is 3.07. The molecule has 1 atom stereocenters. The Morgan fingerprint density at radius 2 is 1.64 bits per heavy atom. The van der Waals surface area contributed by atoms with E-state index in [9.17, 15) is 10.2 Å². The van der Waals surface area contributed by atoms with Crippen molar-refractivity contribution in [2.24, 2.45) is 0 Å². The molecule has 0 fully saturated rings. The van der Waals surface area contributed by atoms with Crippen LogP contribution >= 0.6 is 0 Å². The van der Waals surface area contributed by atoms with Gasteiger partial charge >= 0.3 is 0 Å². The summed E-state index contributed by atoms with van der Waals surface area (Å²) in [7, 11) is 2.09. The number of fused-ring (bicyclic) bond motifs is 1. The Labute approximate surface area is 196 Å². The number of benzene rings is 3. The van der Waals surface area contributed by atoms with Crippen molar-refractivity contribution in [3.05, 3.63) is 77.4 Å². The number of rotatable bonds is 8. The van der Waals surface area contributed by atoms with Crippen LogP contribution in [-0.4, -0.2) is 41.4 Å². The number of nitrogens with zero attached hydrogens (tertiary/aromatic N) is 1. The minimum Gasteiger partial charge on any atom is -0.508 e. The van der Waals surface area contributed by atoms with E-state index in [1.807, 2.05) is 42.5 Å². The average Bonchev–Trinajstić information content (AvgIpc) is 2.80. The van der Waals surface area contributed by atoms with Gasteiger partial charge in [0.2, 0.25) is 0 Å². The molecule has 0 aromatic heterocycles. The van der Waals surface area contributed by atoms with Crippen LogP contribution in [0.2, 0.25) is 0 Å². The number of likely N-dealkylation sites (N-methyl/N-ethyl adjacent to an activating group) is 1. The quantitative estimate of drug-likeness (QED) is 0.451. The molecule has 0 aliphatic heterocycles. The van der Waals surface area contributed by atoms with Crippen molar-refractivity contribution in [2.45, 2.75) is 45.1 Å². The third-order valence-corrected chi connectivity index (χ3v) is 6.51. The minimum absolute atomic E-state index is 0.223. The number of phenolic OH excluding ortho intramolecular Hbond substituents is 2. The second-order valence-corrected chi connectivity index (χ2v) is 9.11. The first-order valence-electron chi connectivity index (χ1n) is 11.6. The smallest absolute Gasteiger partial charge is 0.134 e. The van der Waals surface area contributed by atoms with Crippen molar-refractivity contribution in [1.82, 2.24) is 4.90 Å². The van der Waals surface area contributed by atoms with Gasteiger partial charge in [-0.05, 0) is 105 Å². The molecule has 0 saturated heterocycles. The van der Waals surface area contributed by atoms with Crippen LogP contribution in [0.1, 0.15) is 42.9 Å². The summed E-state index contributed by atoms with van der Waals surface area (Å²) in [5, 5.41) is 19.9. The highest BCUT2D eigenvalue weighted by Crippen LogP contribution is 2.41. The lowest BCUT2D eigenvalue weighted by Gasteiger charge is -2.27. The summed E-state index contributed by atoms with van der Waals surface area (Å²) in [6, 6.07) is 19.1. The standard InChI is InChI=1S/C28H33NO4/c1-19(2)29(3)14-15-32-25-10-12-26(13-11-25)33-28-18-24(31)16-22-5-4-21(17-27(22)28)20-6-8-23(30)9-7-20/h6-13,16,18-19,21,30-31H,4-5,14-15,17H2,1-3H3. The molecule has 0 heterocycles. The van der Waals surface area contributed by atoms with E-state index in [1.165, 1.54) is 5.56 Å². The fraction of sp³-hybridized carbons (Fsp3) is 0.357. The zero-order chi connectivity index (χ0) is 23.4. The fourth-order valence-corrected chi connectivity index (χ4v) is 4.24. The first kappa shape index (κ1) is 23.0. The molecule has 3 aromatic rings. The number of hydrogen-bond donors (Lipinski definition) is 2. The number of aryl methyl sites for hydroxylation is 1. The van der Waals surface area contributed by atoms with Crippen LogP contribution < -0.4 is 9.47 Å². The second kappa shape index (κ2) is 10.2. The lowest BCUT2D eigenvalue weighted by molar-refractivity contribution is 0.208. The zero-order valence-electron chi connectivity index (χ0n) is 19.6. The van der Waals surface area contributed by atoms with Gasteiger partial charge in [0.15, 0.2) is 0 Å². The predicted octanol–water partition coefficient (Wildman–Crippen LogP) is 5.88. The number of aromatic hydroxyl groups is 2. The normalized spacial score (nSPS) is 15.5. The van der Waals surface area contributed by atoms with E-state index in [-0.39, 0.29) is 11.5 Å². The second-order valence-electron chi connectivity index (χ2n) is 9.11. The largest absolute Gasteiger partial charge is 0.508 e. The fourth-order valence-electron chi connectivity index (χ4n) is 4.24. The summed E-state index contributed by atoms with van der Waals surface area (Å²) in [6.45, 7) is 5.83. The molecule has 2 N–H and O–H groups in total. The van der Waals surface area contributed by atoms with Crippen molar-refractivity contribution < 1.29 is 19.7 Å². The molecule has 0 amide bonds. The third kappa shape index (κ3) is 5.79. The maximum atomic E-state index is 10.3. The van der Waals surface area contributed by atoms with Gasteiger partial charge in [0.1, 0.15) is 35.4 Å². The van der Waals surface area contributed by atoms with Crippen LogP contribution in [0.15, 0.2) is 60.7 Å². The number of phenols is 2. The van der Waals surface area contributed by atoms with Crippen LogP contribution in [0, 0.1) is 0 Å². The molecule has 0 spiro atoms. The van der Waals surface area contributed by atoms with Crippen LogP contribution in [-0.2, 0) is 12.8 Å². The lowest BCUT2D eigenvalue weighted by atomic mass is 9.79. The Hall–Kier alpha value is -3.18. The topological polar surface area (TPSA) is 62.2 Å². The molecule has 1 aliphatic carbocycles. The van der Waals surface area contributed by atoms with Gasteiger partial charge in [-0.15, -0.1) is 0 Å². The van der Waals surface area contributed by atoms with E-state index in [1.54, 1.807) is 18.2 Å².